The van der Waals surface area contributed by atoms with E-state index in [1.165, 1.54) is 36.4 Å². The van der Waals surface area contributed by atoms with Crippen molar-refractivity contribution in [1.82, 2.24) is 29.8 Å². The molecule has 1 fully saturated rings. The number of hydrogen-bond acceptors (Lipinski definition) is 7. The summed E-state index contributed by atoms with van der Waals surface area (Å²) in [5.74, 6) is -2.47. The third kappa shape index (κ3) is 4.85. The van der Waals surface area contributed by atoms with Gasteiger partial charge in [-0.1, -0.05) is 0 Å². The van der Waals surface area contributed by atoms with E-state index in [1.807, 2.05) is 0 Å². The summed E-state index contributed by atoms with van der Waals surface area (Å²) in [6, 6.07) is 5.68. The van der Waals surface area contributed by atoms with Crippen LogP contribution < -0.4 is 15.8 Å². The molecule has 40 heavy (non-hydrogen) atoms. The van der Waals surface area contributed by atoms with E-state index in [9.17, 15) is 31.5 Å². The topological polar surface area (TPSA) is 128 Å². The molecule has 1 aliphatic rings. The van der Waals surface area contributed by atoms with Gasteiger partial charge in [0.2, 0.25) is 5.88 Å². The van der Waals surface area contributed by atoms with Gasteiger partial charge in [-0.05, 0) is 36.4 Å². The molecule has 3 aromatic heterocycles. The summed E-state index contributed by atoms with van der Waals surface area (Å²) in [6.07, 6.45) is -4.24. The average Bonchev–Trinajstić information content (AvgIpc) is 3.50. The monoisotopic (exact) mass is 561 g/mol. The second-order valence-electron chi connectivity index (χ2n) is 8.94. The number of likely N-dealkylation sites (tertiary alicyclic amines) is 1. The van der Waals surface area contributed by atoms with E-state index in [0.717, 1.165) is 29.0 Å². The number of carbonyl (C=O) groups is 2. The minimum Gasteiger partial charge on any atom is -0.480 e. The van der Waals surface area contributed by atoms with Crippen LogP contribution in [0.4, 0.5) is 27.8 Å². The number of ether oxygens (including phenoxy) is 1. The molecule has 2 amide bonds. The lowest BCUT2D eigenvalue weighted by Crippen LogP contribution is -2.42. The van der Waals surface area contributed by atoms with Gasteiger partial charge < -0.3 is 20.7 Å². The van der Waals surface area contributed by atoms with Crippen LogP contribution in [0.25, 0.3) is 16.8 Å². The fraction of sp³-hybridized carbons (Fsp3) is 0.240. The Morgan fingerprint density at radius 1 is 1.12 bits per heavy atom. The molecule has 0 aliphatic carbocycles. The van der Waals surface area contributed by atoms with Crippen molar-refractivity contribution in [2.45, 2.75) is 18.4 Å². The minimum atomic E-state index is -4.78. The highest BCUT2D eigenvalue weighted by atomic mass is 19.4. The molecule has 1 aliphatic heterocycles. The second kappa shape index (κ2) is 10.1. The number of carbonyl (C=O) groups excluding carboxylic acids is 2. The molecule has 1 aromatic carbocycles. The zero-order valence-electron chi connectivity index (χ0n) is 20.6. The van der Waals surface area contributed by atoms with Crippen molar-refractivity contribution in [3.05, 3.63) is 71.4 Å². The van der Waals surface area contributed by atoms with Crippen LogP contribution >= 0.6 is 0 Å². The van der Waals surface area contributed by atoms with Crippen molar-refractivity contribution in [2.24, 2.45) is 0 Å². The zero-order valence-corrected chi connectivity index (χ0v) is 20.6. The second-order valence-corrected chi connectivity index (χ2v) is 8.94. The van der Waals surface area contributed by atoms with Crippen molar-refractivity contribution in [2.75, 3.05) is 25.9 Å². The van der Waals surface area contributed by atoms with Gasteiger partial charge in [-0.3, -0.25) is 9.59 Å². The van der Waals surface area contributed by atoms with Gasteiger partial charge in [-0.2, -0.15) is 18.3 Å². The molecule has 0 bridgehead atoms. The Morgan fingerprint density at radius 3 is 2.52 bits per heavy atom. The third-order valence-electron chi connectivity index (χ3n) is 6.42. The van der Waals surface area contributed by atoms with E-state index < -0.39 is 52.9 Å². The molecule has 15 heteroatoms. The number of halogens is 5. The number of nitrogen functional groups attached to an aromatic ring is 1. The third-order valence-corrected chi connectivity index (χ3v) is 6.42. The van der Waals surface area contributed by atoms with Gasteiger partial charge in [-0.25, -0.2) is 23.3 Å². The first-order valence-corrected chi connectivity index (χ1v) is 11.7. The van der Waals surface area contributed by atoms with Crippen LogP contribution in [0, 0.1) is 5.82 Å². The maximum absolute atomic E-state index is 14.9. The number of methoxy groups -OCH3 is 1. The van der Waals surface area contributed by atoms with E-state index in [1.54, 1.807) is 0 Å². The van der Waals surface area contributed by atoms with Crippen molar-refractivity contribution in [3.8, 4) is 17.1 Å². The van der Waals surface area contributed by atoms with Crippen LogP contribution in [-0.4, -0.2) is 68.7 Å². The number of alkyl halides is 4. The standard InChI is InChI=1S/C25H20F5N7O3/c1-40-23-15(22(38)35-18-10-36(9-17(18)27)24(39)12-2-4-14(26)5-3-12)6-13(8-32-23)19-7-16(25(28,29)30)20-21(31)33-11-34-37(19)20/h2-8,11,17-18H,9-10H2,1H3,(H,35,38)(H2,31,33,34)/t17-,18+/m0/s1. The SMILES string of the molecule is COc1ncc(-c2cc(C(F)(F)F)c3c(N)ncnn23)cc1C(=O)N[C@@H]1CN(C(=O)c2ccc(F)cc2)C[C@@H]1F. The summed E-state index contributed by atoms with van der Waals surface area (Å²) in [4.78, 5) is 34.8. The van der Waals surface area contributed by atoms with E-state index in [2.05, 4.69) is 20.4 Å². The number of anilines is 1. The van der Waals surface area contributed by atoms with E-state index >= 15 is 0 Å². The highest BCUT2D eigenvalue weighted by Crippen LogP contribution is 2.39. The van der Waals surface area contributed by atoms with E-state index in [4.69, 9.17) is 10.5 Å². The highest BCUT2D eigenvalue weighted by Gasteiger charge is 2.38. The molecule has 1 saturated heterocycles. The lowest BCUT2D eigenvalue weighted by molar-refractivity contribution is -0.136. The number of nitrogens with two attached hydrogens (primary N) is 1. The van der Waals surface area contributed by atoms with E-state index in [-0.39, 0.29) is 41.4 Å². The van der Waals surface area contributed by atoms with Crippen molar-refractivity contribution >= 4 is 23.1 Å². The largest absolute Gasteiger partial charge is 0.480 e. The number of amides is 2. The first-order chi connectivity index (χ1) is 19.0. The summed E-state index contributed by atoms with van der Waals surface area (Å²) >= 11 is 0. The van der Waals surface area contributed by atoms with Crippen molar-refractivity contribution < 1.29 is 36.3 Å². The van der Waals surface area contributed by atoms with Crippen LogP contribution in [0.15, 0.2) is 48.9 Å². The van der Waals surface area contributed by atoms with Crippen LogP contribution in [-0.2, 0) is 6.18 Å². The van der Waals surface area contributed by atoms with Gasteiger partial charge in [-0.15, -0.1) is 0 Å². The Balaban J connectivity index is 1.43. The molecule has 5 rings (SSSR count). The van der Waals surface area contributed by atoms with Crippen molar-refractivity contribution in [1.29, 1.82) is 0 Å². The van der Waals surface area contributed by atoms with Crippen LogP contribution in [0.2, 0.25) is 0 Å². The van der Waals surface area contributed by atoms with Gasteiger partial charge in [0.25, 0.3) is 11.8 Å². The average molecular weight is 561 g/mol. The lowest BCUT2D eigenvalue weighted by Gasteiger charge is -2.17. The van der Waals surface area contributed by atoms with Crippen LogP contribution in [0.5, 0.6) is 5.88 Å². The van der Waals surface area contributed by atoms with Gasteiger partial charge in [0.05, 0.1) is 31.0 Å². The van der Waals surface area contributed by atoms with Crippen LogP contribution in [0.1, 0.15) is 26.3 Å². The molecule has 208 valence electrons. The summed E-state index contributed by atoms with van der Waals surface area (Å²) in [6.45, 7) is -0.485. The molecule has 3 N–H and O–H groups in total. The molecule has 10 nitrogen and oxygen atoms in total. The Kier molecular flexibility index (Phi) is 6.73. The molecule has 4 heterocycles. The number of nitrogens with zero attached hydrogens (tertiary/aromatic N) is 5. The number of rotatable bonds is 5. The first-order valence-electron chi connectivity index (χ1n) is 11.7. The quantitative estimate of drug-likeness (QED) is 0.359. The molecule has 0 unspecified atom stereocenters. The summed E-state index contributed by atoms with van der Waals surface area (Å²) in [7, 11) is 1.23. The van der Waals surface area contributed by atoms with Gasteiger partial charge >= 0.3 is 6.18 Å². The number of hydrogen-bond donors (Lipinski definition) is 2. The van der Waals surface area contributed by atoms with Crippen LogP contribution in [0.3, 0.4) is 0 Å². The summed E-state index contributed by atoms with van der Waals surface area (Å²) < 4.78 is 75.3. The number of pyridine rings is 1. The predicted octanol–water partition coefficient (Wildman–Crippen LogP) is 3.13. The molecular formula is C25H20F5N7O3. The molecule has 0 radical (unpaired) electrons. The molecular weight excluding hydrogens is 541 g/mol. The Morgan fingerprint density at radius 2 is 1.85 bits per heavy atom. The zero-order chi connectivity index (χ0) is 28.8. The summed E-state index contributed by atoms with van der Waals surface area (Å²) in [5.41, 5.74) is 4.08. The summed E-state index contributed by atoms with van der Waals surface area (Å²) in [5, 5.41) is 6.37. The maximum atomic E-state index is 14.9. The molecule has 2 atom stereocenters. The Hall–Kier alpha value is -4.82. The number of fused-ring (bicyclic) bond motifs is 1. The fourth-order valence-electron chi connectivity index (χ4n) is 4.49. The highest BCUT2D eigenvalue weighted by molar-refractivity contribution is 5.98. The smallest absolute Gasteiger partial charge is 0.418 e. The maximum Gasteiger partial charge on any atom is 0.418 e. The Bertz CT molecular complexity index is 1610. The van der Waals surface area contributed by atoms with E-state index in [0.29, 0.717) is 0 Å². The first kappa shape index (κ1) is 26.8. The molecule has 4 aromatic rings. The predicted molar refractivity (Wildman–Crippen MR) is 131 cm³/mol. The van der Waals surface area contributed by atoms with Gasteiger partial charge in [0.15, 0.2) is 5.82 Å². The van der Waals surface area contributed by atoms with Gasteiger partial charge in [0.1, 0.15) is 29.4 Å². The number of benzene rings is 1. The fourth-order valence-corrected chi connectivity index (χ4v) is 4.49. The minimum absolute atomic E-state index is 0.0610. The molecule has 0 saturated carbocycles. The number of nitrogens with one attached hydrogen (secondary N) is 1. The van der Waals surface area contributed by atoms with Crippen molar-refractivity contribution in [3.63, 3.8) is 0 Å². The van der Waals surface area contributed by atoms with Gasteiger partial charge in [0, 0.05) is 23.9 Å². The Labute approximate surface area is 222 Å². The number of aromatic nitrogens is 4. The normalized spacial score (nSPS) is 17.3. The molecule has 0 spiro atoms. The lowest BCUT2D eigenvalue weighted by atomic mass is 10.1.